The second-order valence-electron chi connectivity index (χ2n) is 5.35. The molecule has 1 aromatic carbocycles. The molecule has 1 fully saturated rings. The van der Waals surface area contributed by atoms with Crippen LogP contribution in [0, 0.1) is 5.92 Å². The molecule has 6 nitrogen and oxygen atoms in total. The van der Waals surface area contributed by atoms with Crippen LogP contribution in [0.3, 0.4) is 0 Å². The molecule has 7 heteroatoms. The normalized spacial score (nSPS) is 20.9. The molecule has 22 heavy (non-hydrogen) atoms. The van der Waals surface area contributed by atoms with E-state index in [-0.39, 0.29) is 17.5 Å². The third-order valence-electron chi connectivity index (χ3n) is 3.74. The first-order valence-corrected chi connectivity index (χ1v) is 8.49. The molecule has 0 radical (unpaired) electrons. The molecule has 2 atom stereocenters. The standard InChI is InChI=1S/C15H13NO5S/c1-22(18)11-4-2-3-10-14(11)20-15(19-10)13-9(7-16-21-13)12(17)8-5-6-8/h2-4,7-8,15H,5-6H2,1H3. The van der Waals surface area contributed by atoms with Gasteiger partial charge in [0.2, 0.25) is 5.76 Å². The van der Waals surface area contributed by atoms with Gasteiger partial charge < -0.3 is 14.0 Å². The van der Waals surface area contributed by atoms with E-state index in [1.54, 1.807) is 24.5 Å². The van der Waals surface area contributed by atoms with Gasteiger partial charge in [-0.05, 0) is 25.0 Å². The van der Waals surface area contributed by atoms with Gasteiger partial charge >= 0.3 is 6.29 Å². The number of ether oxygens (including phenoxy) is 2. The fourth-order valence-corrected chi connectivity index (χ4v) is 3.13. The molecule has 114 valence electrons. The van der Waals surface area contributed by atoms with E-state index in [1.807, 2.05) is 0 Å². The van der Waals surface area contributed by atoms with Gasteiger partial charge in [-0.15, -0.1) is 0 Å². The Hall–Kier alpha value is -2.15. The zero-order valence-electron chi connectivity index (χ0n) is 11.8. The van der Waals surface area contributed by atoms with E-state index < -0.39 is 17.1 Å². The van der Waals surface area contributed by atoms with E-state index in [1.165, 1.54) is 6.20 Å². The average molecular weight is 319 g/mol. The topological polar surface area (TPSA) is 78.6 Å². The van der Waals surface area contributed by atoms with Crippen LogP contribution in [0.2, 0.25) is 0 Å². The monoisotopic (exact) mass is 319 g/mol. The predicted octanol–water partition coefficient (Wildman–Crippen LogP) is 2.47. The number of rotatable bonds is 4. The molecule has 4 rings (SSSR count). The molecule has 0 saturated heterocycles. The minimum Gasteiger partial charge on any atom is -0.444 e. The smallest absolute Gasteiger partial charge is 0.304 e. The molecule has 2 heterocycles. The molecule has 1 aliphatic heterocycles. The van der Waals surface area contributed by atoms with E-state index in [2.05, 4.69) is 5.16 Å². The molecule has 0 N–H and O–H groups in total. The van der Waals surface area contributed by atoms with Crippen LogP contribution in [0.4, 0.5) is 0 Å². The molecule has 0 spiro atoms. The quantitative estimate of drug-likeness (QED) is 0.806. The highest BCUT2D eigenvalue weighted by Crippen LogP contribution is 2.45. The van der Waals surface area contributed by atoms with Gasteiger partial charge in [-0.1, -0.05) is 11.2 Å². The number of nitrogens with zero attached hydrogens (tertiary/aromatic N) is 1. The lowest BCUT2D eigenvalue weighted by Crippen LogP contribution is -2.13. The summed E-state index contributed by atoms with van der Waals surface area (Å²) in [7, 11) is -1.20. The van der Waals surface area contributed by atoms with Crippen LogP contribution in [-0.4, -0.2) is 21.4 Å². The largest absolute Gasteiger partial charge is 0.444 e. The van der Waals surface area contributed by atoms with Crippen LogP contribution in [0.1, 0.15) is 35.2 Å². The van der Waals surface area contributed by atoms with E-state index >= 15 is 0 Å². The van der Waals surface area contributed by atoms with E-state index in [9.17, 15) is 9.00 Å². The van der Waals surface area contributed by atoms with Crippen LogP contribution in [0.15, 0.2) is 33.8 Å². The van der Waals surface area contributed by atoms with Crippen LogP contribution in [-0.2, 0) is 10.8 Å². The summed E-state index contributed by atoms with van der Waals surface area (Å²) in [6.07, 6.45) is 3.90. The fraction of sp³-hybridized carbons (Fsp3) is 0.333. The Labute approximate surface area is 128 Å². The highest BCUT2D eigenvalue weighted by Gasteiger charge is 2.39. The van der Waals surface area contributed by atoms with Crippen molar-refractivity contribution in [3.8, 4) is 11.5 Å². The Morgan fingerprint density at radius 1 is 1.32 bits per heavy atom. The second-order valence-corrected chi connectivity index (χ2v) is 6.70. The van der Waals surface area contributed by atoms with Crippen molar-refractivity contribution in [1.29, 1.82) is 0 Å². The van der Waals surface area contributed by atoms with Crippen molar-refractivity contribution in [2.75, 3.05) is 6.26 Å². The van der Waals surface area contributed by atoms with Gasteiger partial charge in [-0.25, -0.2) is 0 Å². The maximum Gasteiger partial charge on any atom is 0.304 e. The molecule has 2 unspecified atom stereocenters. The Bertz CT molecular complexity index is 780. The predicted molar refractivity (Wildman–Crippen MR) is 76.3 cm³/mol. The molecule has 0 amide bonds. The van der Waals surface area contributed by atoms with E-state index in [4.69, 9.17) is 14.0 Å². The first kappa shape index (κ1) is 13.5. The van der Waals surface area contributed by atoms with Gasteiger partial charge in [0.05, 0.1) is 27.5 Å². The maximum atomic E-state index is 12.2. The highest BCUT2D eigenvalue weighted by molar-refractivity contribution is 7.84. The summed E-state index contributed by atoms with van der Waals surface area (Å²) in [6.45, 7) is 0. The Morgan fingerprint density at radius 2 is 2.14 bits per heavy atom. The van der Waals surface area contributed by atoms with Gasteiger partial charge in [-0.3, -0.25) is 9.00 Å². The number of carbonyl (C=O) groups is 1. The van der Waals surface area contributed by atoms with Crippen molar-refractivity contribution < 1.29 is 23.0 Å². The Balaban J connectivity index is 1.67. The zero-order chi connectivity index (χ0) is 15.3. The third-order valence-corrected chi connectivity index (χ3v) is 4.68. The SMILES string of the molecule is CS(=O)c1cccc2c1OC(c1oncc1C(=O)C1CC1)O2. The highest BCUT2D eigenvalue weighted by atomic mass is 32.2. The van der Waals surface area contributed by atoms with Crippen LogP contribution < -0.4 is 9.47 Å². The summed E-state index contributed by atoms with van der Waals surface area (Å²) in [4.78, 5) is 12.8. The van der Waals surface area contributed by atoms with Crippen LogP contribution in [0.25, 0.3) is 0 Å². The number of para-hydroxylation sites is 1. The minimum absolute atomic E-state index is 0.0127. The summed E-state index contributed by atoms with van der Waals surface area (Å²) in [6, 6.07) is 5.19. The van der Waals surface area contributed by atoms with Gasteiger partial charge in [0, 0.05) is 12.2 Å². The lowest BCUT2D eigenvalue weighted by molar-refractivity contribution is 0.0213. The fourth-order valence-electron chi connectivity index (χ4n) is 2.45. The second kappa shape index (κ2) is 4.95. The first-order valence-electron chi connectivity index (χ1n) is 6.93. The summed E-state index contributed by atoms with van der Waals surface area (Å²) in [5.41, 5.74) is 0.402. The van der Waals surface area contributed by atoms with Gasteiger partial charge in [-0.2, -0.15) is 0 Å². The number of carbonyl (C=O) groups excluding carboxylic acids is 1. The molecule has 1 aliphatic carbocycles. The molecular weight excluding hydrogens is 306 g/mol. The number of benzene rings is 1. The molecular formula is C15H13NO5S. The number of hydrogen-bond donors (Lipinski definition) is 0. The average Bonchev–Trinajstić information content (AvgIpc) is 3.08. The summed E-state index contributed by atoms with van der Waals surface area (Å²) in [5.74, 6) is 1.24. The van der Waals surface area contributed by atoms with Crippen LogP contribution >= 0.6 is 0 Å². The number of fused-ring (bicyclic) bond motifs is 1. The first-order chi connectivity index (χ1) is 10.6. The van der Waals surface area contributed by atoms with Crippen molar-refractivity contribution in [2.45, 2.75) is 24.0 Å². The molecule has 1 aromatic heterocycles. The summed E-state index contributed by atoms with van der Waals surface area (Å²) in [5, 5.41) is 3.70. The number of hydrogen-bond acceptors (Lipinski definition) is 6. The van der Waals surface area contributed by atoms with Crippen molar-refractivity contribution in [1.82, 2.24) is 5.16 Å². The lowest BCUT2D eigenvalue weighted by atomic mass is 10.1. The van der Waals surface area contributed by atoms with Crippen molar-refractivity contribution in [3.63, 3.8) is 0 Å². The van der Waals surface area contributed by atoms with Gasteiger partial charge in [0.15, 0.2) is 17.3 Å². The summed E-state index contributed by atoms with van der Waals surface area (Å²) >= 11 is 0. The lowest BCUT2D eigenvalue weighted by Gasteiger charge is -2.08. The Kier molecular flexibility index (Phi) is 3.04. The number of ketones is 1. The van der Waals surface area contributed by atoms with Crippen molar-refractivity contribution in [2.24, 2.45) is 5.92 Å². The van der Waals surface area contributed by atoms with Gasteiger partial charge in [0.1, 0.15) is 0 Å². The molecule has 2 aliphatic rings. The zero-order valence-corrected chi connectivity index (χ0v) is 12.6. The number of aromatic nitrogens is 1. The van der Waals surface area contributed by atoms with E-state index in [0.29, 0.717) is 22.0 Å². The minimum atomic E-state index is -1.20. The molecule has 0 bridgehead atoms. The number of Topliss-reactive ketones (excluding diaryl/α,β-unsaturated/α-hetero) is 1. The molecule has 1 saturated carbocycles. The molecule has 2 aromatic rings. The van der Waals surface area contributed by atoms with Gasteiger partial charge in [0.25, 0.3) is 0 Å². The summed E-state index contributed by atoms with van der Waals surface area (Å²) < 4.78 is 28.4. The maximum absolute atomic E-state index is 12.2. The van der Waals surface area contributed by atoms with E-state index in [0.717, 1.165) is 12.8 Å². The van der Waals surface area contributed by atoms with Crippen molar-refractivity contribution in [3.05, 3.63) is 35.7 Å². The third kappa shape index (κ3) is 2.12. The Morgan fingerprint density at radius 3 is 2.86 bits per heavy atom. The van der Waals surface area contributed by atoms with Crippen molar-refractivity contribution >= 4 is 16.6 Å². The van der Waals surface area contributed by atoms with Crippen LogP contribution in [0.5, 0.6) is 11.5 Å².